The van der Waals surface area contributed by atoms with Crippen molar-refractivity contribution < 1.29 is 9.00 Å². The van der Waals surface area contributed by atoms with Crippen LogP contribution in [-0.2, 0) is 9.52 Å². The molecular weight excluding hydrogens is 406 g/mol. The second-order valence-corrected chi connectivity index (χ2v) is 9.76. The van der Waals surface area contributed by atoms with Crippen LogP contribution in [0.3, 0.4) is 0 Å². The van der Waals surface area contributed by atoms with Gasteiger partial charge in [0.15, 0.2) is 10.9 Å². The SMILES string of the molecule is C=S(=O)(CCCN=O)c1ccc(Nc2ncc(C(=O)C/C(Cl)=C\C)s2)cc1. The number of ketones is 1. The van der Waals surface area contributed by atoms with E-state index in [1.807, 2.05) is 0 Å². The molecule has 0 saturated carbocycles. The molecule has 0 radical (unpaired) electrons. The van der Waals surface area contributed by atoms with E-state index in [1.54, 1.807) is 37.3 Å². The van der Waals surface area contributed by atoms with Crippen molar-refractivity contribution in [2.45, 2.75) is 24.7 Å². The monoisotopic (exact) mass is 425 g/mol. The van der Waals surface area contributed by atoms with Crippen molar-refractivity contribution in [2.75, 3.05) is 17.6 Å². The molecule has 6 nitrogen and oxygen atoms in total. The summed E-state index contributed by atoms with van der Waals surface area (Å²) in [7, 11) is -2.45. The van der Waals surface area contributed by atoms with Crippen molar-refractivity contribution in [3.8, 4) is 0 Å². The van der Waals surface area contributed by atoms with E-state index in [0.717, 1.165) is 5.69 Å². The predicted molar refractivity (Wildman–Crippen MR) is 114 cm³/mol. The zero-order valence-corrected chi connectivity index (χ0v) is 17.2. The number of benzene rings is 1. The summed E-state index contributed by atoms with van der Waals surface area (Å²) in [5.74, 6) is 4.01. The van der Waals surface area contributed by atoms with Crippen LogP contribution in [0.2, 0.25) is 0 Å². The molecule has 0 amide bonds. The van der Waals surface area contributed by atoms with Gasteiger partial charge in [0.05, 0.1) is 17.6 Å². The number of allylic oxidation sites excluding steroid dienone is 2. The molecule has 0 aliphatic rings. The second kappa shape index (κ2) is 9.77. The smallest absolute Gasteiger partial charge is 0.187 e. The van der Waals surface area contributed by atoms with Crippen LogP contribution >= 0.6 is 22.9 Å². The number of anilines is 2. The highest BCUT2D eigenvalue weighted by Crippen LogP contribution is 2.25. The molecule has 144 valence electrons. The van der Waals surface area contributed by atoms with Crippen LogP contribution in [0.4, 0.5) is 10.8 Å². The fraction of sp³-hybridized carbons (Fsp3) is 0.278. The van der Waals surface area contributed by atoms with Gasteiger partial charge in [-0.2, -0.15) is 4.91 Å². The van der Waals surface area contributed by atoms with E-state index in [9.17, 15) is 13.9 Å². The van der Waals surface area contributed by atoms with Crippen LogP contribution < -0.4 is 5.32 Å². The molecule has 1 N–H and O–H groups in total. The minimum atomic E-state index is -2.45. The maximum Gasteiger partial charge on any atom is 0.187 e. The summed E-state index contributed by atoms with van der Waals surface area (Å²) in [4.78, 5) is 27.6. The number of carbonyl (C=O) groups is 1. The maximum atomic E-state index is 12.6. The van der Waals surface area contributed by atoms with Crippen molar-refractivity contribution in [1.82, 2.24) is 4.98 Å². The first-order chi connectivity index (χ1) is 12.9. The molecule has 27 heavy (non-hydrogen) atoms. The summed E-state index contributed by atoms with van der Waals surface area (Å²) in [6.45, 7) is 1.92. The molecule has 0 bridgehead atoms. The van der Waals surface area contributed by atoms with Crippen LogP contribution in [0.5, 0.6) is 0 Å². The van der Waals surface area contributed by atoms with Gasteiger partial charge in [0.2, 0.25) is 0 Å². The first-order valence-corrected chi connectivity index (χ1v) is 11.3. The Morgan fingerprint density at radius 2 is 2.11 bits per heavy atom. The van der Waals surface area contributed by atoms with Gasteiger partial charge < -0.3 is 5.32 Å². The van der Waals surface area contributed by atoms with Gasteiger partial charge in [-0.3, -0.25) is 9.00 Å². The van der Waals surface area contributed by atoms with E-state index in [4.69, 9.17) is 11.6 Å². The molecular formula is C18H20ClN3O3S2. The van der Waals surface area contributed by atoms with Crippen molar-refractivity contribution in [3.05, 3.63) is 51.4 Å². The average molecular weight is 426 g/mol. The third kappa shape index (κ3) is 6.27. The summed E-state index contributed by atoms with van der Waals surface area (Å²) >= 11 is 7.14. The van der Waals surface area contributed by atoms with Gasteiger partial charge in [-0.25, -0.2) is 4.98 Å². The summed E-state index contributed by atoms with van der Waals surface area (Å²) < 4.78 is 12.6. The highest BCUT2D eigenvalue weighted by atomic mass is 35.5. The Hall–Kier alpha value is -2.03. The quantitative estimate of drug-likeness (QED) is 0.255. The number of carbonyl (C=O) groups excluding carboxylic acids is 1. The van der Waals surface area contributed by atoms with Crippen LogP contribution in [-0.4, -0.2) is 33.1 Å². The van der Waals surface area contributed by atoms with E-state index >= 15 is 0 Å². The minimum absolute atomic E-state index is 0.0828. The van der Waals surface area contributed by atoms with Crippen LogP contribution in [0.15, 0.2) is 51.6 Å². The largest absolute Gasteiger partial charge is 0.332 e. The molecule has 1 heterocycles. The van der Waals surface area contributed by atoms with Gasteiger partial charge in [0.1, 0.15) is 0 Å². The van der Waals surface area contributed by atoms with E-state index in [-0.39, 0.29) is 18.7 Å². The Morgan fingerprint density at radius 3 is 2.74 bits per heavy atom. The summed E-state index contributed by atoms with van der Waals surface area (Å²) in [5, 5.41) is 6.97. The van der Waals surface area contributed by atoms with Gasteiger partial charge in [0, 0.05) is 27.8 Å². The number of hydrogen-bond acceptors (Lipinski definition) is 7. The molecule has 2 rings (SSSR count). The highest BCUT2D eigenvalue weighted by molar-refractivity contribution is 8.00. The van der Waals surface area contributed by atoms with Crippen molar-refractivity contribution in [1.29, 1.82) is 0 Å². The number of nitrogens with one attached hydrogen (secondary N) is 1. The van der Waals surface area contributed by atoms with Gasteiger partial charge in [-0.1, -0.05) is 34.2 Å². The maximum absolute atomic E-state index is 12.6. The number of nitroso groups, excluding NO2 is 1. The third-order valence-electron chi connectivity index (χ3n) is 3.68. The summed E-state index contributed by atoms with van der Waals surface area (Å²) in [6.07, 6.45) is 3.82. The molecule has 9 heteroatoms. The van der Waals surface area contributed by atoms with Crippen LogP contribution in [0.1, 0.15) is 29.4 Å². The van der Waals surface area contributed by atoms with Crippen LogP contribution in [0, 0.1) is 4.91 Å². The Morgan fingerprint density at radius 1 is 1.41 bits per heavy atom. The molecule has 2 aromatic rings. The minimum Gasteiger partial charge on any atom is -0.332 e. The molecule has 1 aromatic heterocycles. The number of aromatic nitrogens is 1. The Labute approximate surface area is 167 Å². The van der Waals surface area contributed by atoms with Crippen molar-refractivity contribution in [2.24, 2.45) is 5.18 Å². The molecule has 1 aromatic carbocycles. The molecule has 0 spiro atoms. The molecule has 1 unspecified atom stereocenters. The standard InChI is InChI=1S/C18H20ClN3O3S2/c1-3-13(19)11-16(23)17-12-20-18(26-17)22-14-5-7-15(8-6-14)27(2,25)10-4-9-21-24/h3,5-8,12H,2,4,9-11H2,1H3,(H,20,22)/b13-3+. The molecule has 0 aliphatic carbocycles. The lowest BCUT2D eigenvalue weighted by Crippen LogP contribution is -2.07. The van der Waals surface area contributed by atoms with Gasteiger partial charge in [-0.15, -0.1) is 0 Å². The number of hydrogen-bond donors (Lipinski definition) is 1. The number of nitrogens with zero attached hydrogens (tertiary/aromatic N) is 2. The lowest BCUT2D eigenvalue weighted by Gasteiger charge is -2.09. The fourth-order valence-electron chi connectivity index (χ4n) is 2.19. The lowest BCUT2D eigenvalue weighted by atomic mass is 10.2. The molecule has 1 atom stereocenters. The number of Topliss-reactive ketones (excluding diaryl/α,β-unsaturated/α-hetero) is 1. The molecule has 0 aliphatic heterocycles. The highest BCUT2D eigenvalue weighted by Gasteiger charge is 2.12. The molecule has 0 saturated heterocycles. The van der Waals surface area contributed by atoms with E-state index in [1.165, 1.54) is 17.5 Å². The normalized spacial score (nSPS) is 13.8. The number of rotatable bonds is 10. The number of halogens is 1. The molecule has 0 fully saturated rings. The fourth-order valence-corrected chi connectivity index (χ4v) is 4.55. The summed E-state index contributed by atoms with van der Waals surface area (Å²) in [5.41, 5.74) is 0.753. The number of thiazole rings is 1. The Kier molecular flexibility index (Phi) is 7.70. The summed E-state index contributed by atoms with van der Waals surface area (Å²) in [6, 6.07) is 7.02. The topological polar surface area (TPSA) is 88.5 Å². The second-order valence-electron chi connectivity index (χ2n) is 5.74. The van der Waals surface area contributed by atoms with E-state index in [0.29, 0.717) is 32.1 Å². The lowest BCUT2D eigenvalue weighted by molar-refractivity contribution is 0.0998. The first kappa shape index (κ1) is 21.3. The van der Waals surface area contributed by atoms with Crippen molar-refractivity contribution >= 4 is 54.9 Å². The third-order valence-corrected chi connectivity index (χ3v) is 7.07. The zero-order chi connectivity index (χ0) is 19.9. The zero-order valence-electron chi connectivity index (χ0n) is 14.8. The average Bonchev–Trinajstić information content (AvgIpc) is 3.11. The van der Waals surface area contributed by atoms with Crippen LogP contribution in [0.25, 0.3) is 0 Å². The predicted octanol–water partition coefficient (Wildman–Crippen LogP) is 4.83. The van der Waals surface area contributed by atoms with Gasteiger partial charge >= 0.3 is 0 Å². The van der Waals surface area contributed by atoms with E-state index < -0.39 is 9.52 Å². The Balaban J connectivity index is 2.03. The van der Waals surface area contributed by atoms with Gasteiger partial charge in [0.25, 0.3) is 0 Å². The van der Waals surface area contributed by atoms with E-state index in [2.05, 4.69) is 21.3 Å². The van der Waals surface area contributed by atoms with Crippen molar-refractivity contribution in [3.63, 3.8) is 0 Å². The first-order valence-electron chi connectivity index (χ1n) is 8.16. The van der Waals surface area contributed by atoms with Gasteiger partial charge in [-0.05, 0) is 53.0 Å². The Bertz CT molecular complexity index is 935.